The summed E-state index contributed by atoms with van der Waals surface area (Å²) in [5.74, 6) is -2.03. The zero-order chi connectivity index (χ0) is 25.4. The van der Waals surface area contributed by atoms with Crippen LogP contribution in [0.15, 0.2) is 42.6 Å². The van der Waals surface area contributed by atoms with Gasteiger partial charge in [-0.1, -0.05) is 68.1 Å². The molecule has 1 aliphatic carbocycles. The molecular weight excluding hydrogens is 470 g/mol. The van der Waals surface area contributed by atoms with Crippen LogP contribution in [0, 0.1) is 5.92 Å². The molecule has 35 heavy (non-hydrogen) atoms. The minimum Gasteiger partial charge on any atom is -0.457 e. The van der Waals surface area contributed by atoms with Crippen molar-refractivity contribution in [3.05, 3.63) is 58.9 Å². The first-order valence-corrected chi connectivity index (χ1v) is 12.4. The summed E-state index contributed by atoms with van der Waals surface area (Å²) in [6, 6.07) is 9.03. The van der Waals surface area contributed by atoms with Crippen LogP contribution in [0.4, 0.5) is 0 Å². The number of carbonyl (C=O) groups is 4. The number of unbranched alkanes of at least 4 members (excludes halogenated alkanes) is 1. The third-order valence-corrected chi connectivity index (χ3v) is 6.47. The lowest BCUT2D eigenvalue weighted by Crippen LogP contribution is -2.51. The average molecular weight is 502 g/mol. The maximum absolute atomic E-state index is 13.1. The van der Waals surface area contributed by atoms with Crippen LogP contribution >= 0.6 is 11.6 Å². The molecule has 3 atom stereocenters. The third kappa shape index (κ3) is 7.18. The zero-order valence-corrected chi connectivity index (χ0v) is 20.8. The molecule has 0 bridgehead atoms. The number of nitrogens with zero attached hydrogens (tertiary/aromatic N) is 1. The molecular formula is C26H32ClN3O5. The van der Waals surface area contributed by atoms with Crippen molar-refractivity contribution in [2.75, 3.05) is 6.61 Å². The largest absolute Gasteiger partial charge is 0.457 e. The quantitative estimate of drug-likeness (QED) is 0.361. The smallest absolute Gasteiger partial charge is 0.311 e. The summed E-state index contributed by atoms with van der Waals surface area (Å²) in [5, 5.41) is 6.19. The predicted molar refractivity (Wildman–Crippen MR) is 132 cm³/mol. The number of benzene rings is 1. The minimum atomic E-state index is -0.743. The lowest BCUT2D eigenvalue weighted by Gasteiger charge is -2.24. The van der Waals surface area contributed by atoms with Crippen LogP contribution in [0.5, 0.6) is 0 Å². The van der Waals surface area contributed by atoms with E-state index in [4.69, 9.17) is 16.3 Å². The summed E-state index contributed by atoms with van der Waals surface area (Å²) < 4.78 is 6.90. The van der Waals surface area contributed by atoms with Crippen LogP contribution in [0.1, 0.15) is 66.3 Å². The minimum absolute atomic E-state index is 0.277. The van der Waals surface area contributed by atoms with E-state index in [1.165, 1.54) is 0 Å². The van der Waals surface area contributed by atoms with Crippen molar-refractivity contribution in [1.82, 2.24) is 15.2 Å². The summed E-state index contributed by atoms with van der Waals surface area (Å²) in [6.45, 7) is 1.67. The normalized spacial score (nSPS) is 18.0. The molecule has 1 aliphatic rings. The molecule has 2 N–H and O–H groups in total. The van der Waals surface area contributed by atoms with Gasteiger partial charge in [0.15, 0.2) is 12.4 Å². The van der Waals surface area contributed by atoms with Gasteiger partial charge in [0.05, 0.1) is 10.9 Å². The predicted octanol–water partition coefficient (Wildman–Crippen LogP) is 3.68. The highest BCUT2D eigenvalue weighted by atomic mass is 35.5. The number of ether oxygens (including phenoxy) is 1. The molecule has 0 spiro atoms. The lowest BCUT2D eigenvalue weighted by molar-refractivity contribution is -0.148. The van der Waals surface area contributed by atoms with E-state index in [9.17, 15) is 19.2 Å². The Morgan fingerprint density at radius 1 is 1.17 bits per heavy atom. The molecule has 1 aromatic heterocycles. The molecule has 0 unspecified atom stereocenters. The Kier molecular flexibility index (Phi) is 9.48. The van der Waals surface area contributed by atoms with Crippen LogP contribution in [0.3, 0.4) is 0 Å². The highest BCUT2D eigenvalue weighted by molar-refractivity contribution is 6.31. The van der Waals surface area contributed by atoms with E-state index in [0.29, 0.717) is 35.5 Å². The first kappa shape index (κ1) is 26.5. The van der Waals surface area contributed by atoms with Crippen molar-refractivity contribution in [3.63, 3.8) is 0 Å². The van der Waals surface area contributed by atoms with Gasteiger partial charge in [0.25, 0.3) is 5.91 Å². The number of esters is 1. The molecule has 1 heterocycles. The highest BCUT2D eigenvalue weighted by Gasteiger charge is 2.37. The first-order valence-electron chi connectivity index (χ1n) is 12.0. The number of hydrogen-bond acceptors (Lipinski definition) is 5. The number of nitrogens with one attached hydrogen (secondary N) is 2. The Morgan fingerprint density at radius 2 is 1.91 bits per heavy atom. The molecule has 1 aromatic carbocycles. The third-order valence-electron chi connectivity index (χ3n) is 6.26. The molecule has 8 nitrogen and oxygen atoms in total. The first-order chi connectivity index (χ1) is 16.8. The number of ketones is 1. The second-order valence-electron chi connectivity index (χ2n) is 8.87. The molecule has 0 saturated heterocycles. The monoisotopic (exact) mass is 501 g/mol. The molecule has 2 aromatic rings. The summed E-state index contributed by atoms with van der Waals surface area (Å²) in [5.41, 5.74) is 0.834. The van der Waals surface area contributed by atoms with Gasteiger partial charge in [-0.15, -0.1) is 0 Å². The molecule has 188 valence electrons. The second kappa shape index (κ2) is 12.5. The highest BCUT2D eigenvalue weighted by Crippen LogP contribution is 2.27. The van der Waals surface area contributed by atoms with Gasteiger partial charge < -0.3 is 19.9 Å². The number of rotatable bonds is 11. The summed E-state index contributed by atoms with van der Waals surface area (Å²) >= 11 is 5.99. The van der Waals surface area contributed by atoms with E-state index in [1.807, 2.05) is 6.92 Å². The number of aryl methyl sites for hydroxylation is 1. The Labute approximate surface area is 210 Å². The molecule has 0 radical (unpaired) electrons. The van der Waals surface area contributed by atoms with Crippen molar-refractivity contribution in [3.8, 4) is 0 Å². The Morgan fingerprint density at radius 3 is 2.57 bits per heavy atom. The zero-order valence-electron chi connectivity index (χ0n) is 20.1. The standard InChI is InChI=1S/C26H32ClN3O5/c1-3-4-12-21(29-25(33)22-14-18(27)15-30(22)2)24(32)28-20-13-8-11-19(20)26(34)35-16-23(31)17-9-6-5-7-10-17/h5-7,9-10,14-15,19-21H,3-4,8,11-13,16H2,1-2H3,(H,28,32)(H,29,33)/t19-,20+,21+/m1/s1. The fraction of sp³-hybridized carbons (Fsp3) is 0.462. The van der Waals surface area contributed by atoms with Crippen LogP contribution < -0.4 is 10.6 Å². The van der Waals surface area contributed by atoms with Crippen LogP contribution in [-0.2, 0) is 21.4 Å². The van der Waals surface area contributed by atoms with Gasteiger partial charge in [0, 0.05) is 24.8 Å². The number of aromatic nitrogens is 1. The van der Waals surface area contributed by atoms with Crippen molar-refractivity contribution in [1.29, 1.82) is 0 Å². The topological polar surface area (TPSA) is 106 Å². The molecule has 1 saturated carbocycles. The van der Waals surface area contributed by atoms with E-state index in [0.717, 1.165) is 19.3 Å². The van der Waals surface area contributed by atoms with Crippen molar-refractivity contribution >= 4 is 35.2 Å². The van der Waals surface area contributed by atoms with Gasteiger partial charge in [-0.2, -0.15) is 0 Å². The van der Waals surface area contributed by atoms with E-state index in [-0.39, 0.29) is 18.3 Å². The van der Waals surface area contributed by atoms with E-state index < -0.39 is 29.9 Å². The van der Waals surface area contributed by atoms with E-state index in [2.05, 4.69) is 10.6 Å². The summed E-state index contributed by atoms with van der Waals surface area (Å²) in [7, 11) is 1.71. The van der Waals surface area contributed by atoms with Crippen LogP contribution in [0.25, 0.3) is 0 Å². The fourth-order valence-electron chi connectivity index (χ4n) is 4.31. The SMILES string of the molecule is CCCC[C@H](NC(=O)c1cc(Cl)cn1C)C(=O)N[C@H]1CCC[C@H]1C(=O)OCC(=O)c1ccccc1. The number of carbonyl (C=O) groups excluding carboxylic acids is 4. The molecule has 9 heteroatoms. The Bertz CT molecular complexity index is 1050. The summed E-state index contributed by atoms with van der Waals surface area (Å²) in [4.78, 5) is 50.8. The lowest BCUT2D eigenvalue weighted by atomic mass is 10.0. The molecule has 3 rings (SSSR count). The van der Waals surface area contributed by atoms with Crippen LogP contribution in [0.2, 0.25) is 5.02 Å². The maximum Gasteiger partial charge on any atom is 0.311 e. The van der Waals surface area contributed by atoms with Gasteiger partial charge in [-0.3, -0.25) is 19.2 Å². The van der Waals surface area contributed by atoms with Crippen molar-refractivity contribution in [2.24, 2.45) is 13.0 Å². The number of hydrogen-bond donors (Lipinski definition) is 2. The van der Waals surface area contributed by atoms with Gasteiger partial charge in [0.2, 0.25) is 5.91 Å². The van der Waals surface area contributed by atoms with E-state index >= 15 is 0 Å². The molecule has 0 aliphatic heterocycles. The van der Waals surface area contributed by atoms with Crippen molar-refractivity contribution in [2.45, 2.75) is 57.5 Å². The number of Topliss-reactive ketones (excluding diaryl/α,β-unsaturated/α-hetero) is 1. The van der Waals surface area contributed by atoms with Gasteiger partial charge >= 0.3 is 5.97 Å². The van der Waals surface area contributed by atoms with Crippen molar-refractivity contribution < 1.29 is 23.9 Å². The Balaban J connectivity index is 1.59. The molecule has 1 fully saturated rings. The van der Waals surface area contributed by atoms with Gasteiger partial charge in [0.1, 0.15) is 11.7 Å². The second-order valence-corrected chi connectivity index (χ2v) is 9.31. The van der Waals surface area contributed by atoms with E-state index in [1.54, 1.807) is 54.2 Å². The average Bonchev–Trinajstić information content (AvgIpc) is 3.45. The number of halogens is 1. The summed E-state index contributed by atoms with van der Waals surface area (Å²) in [6.07, 6.45) is 5.66. The number of amides is 2. The van der Waals surface area contributed by atoms with Crippen LogP contribution in [-0.4, -0.2) is 46.8 Å². The molecule has 2 amide bonds. The van der Waals surface area contributed by atoms with Gasteiger partial charge in [-0.25, -0.2) is 0 Å². The maximum atomic E-state index is 13.1. The fourth-order valence-corrected chi connectivity index (χ4v) is 4.56. The Hall–Kier alpha value is -3.13. The van der Waals surface area contributed by atoms with Gasteiger partial charge in [-0.05, 0) is 25.3 Å².